The van der Waals surface area contributed by atoms with Crippen LogP contribution in [0, 0.1) is 16.0 Å². The van der Waals surface area contributed by atoms with Gasteiger partial charge in [0.25, 0.3) is 0 Å². The Morgan fingerprint density at radius 2 is 2.25 bits per heavy atom. The smallest absolute Gasteiger partial charge is 0.316 e. The van der Waals surface area contributed by atoms with E-state index < -0.39 is 0 Å². The molecular weight excluding hydrogens is 256 g/mol. The van der Waals surface area contributed by atoms with Crippen LogP contribution in [0.15, 0.2) is 18.2 Å². The molecule has 6 nitrogen and oxygen atoms in total. The number of hydrogen-bond acceptors (Lipinski definition) is 5. The number of nitrogens with one attached hydrogen (secondary N) is 1. The molecule has 1 fully saturated rings. The van der Waals surface area contributed by atoms with Gasteiger partial charge < -0.3 is 10.3 Å². The number of nitro benzene ring substituents is 1. The highest BCUT2D eigenvalue weighted by atomic mass is 16.6. The van der Waals surface area contributed by atoms with Crippen LogP contribution in [-0.2, 0) is 0 Å². The van der Waals surface area contributed by atoms with Gasteiger partial charge in [0.05, 0.1) is 4.92 Å². The van der Waals surface area contributed by atoms with Crippen molar-refractivity contribution in [1.82, 2.24) is 0 Å². The summed E-state index contributed by atoms with van der Waals surface area (Å²) in [6.45, 7) is 3.94. The minimum Gasteiger partial charge on any atom is -0.366 e. The summed E-state index contributed by atoms with van der Waals surface area (Å²) >= 11 is 0. The number of rotatable bonds is 4. The molecule has 110 valence electrons. The summed E-state index contributed by atoms with van der Waals surface area (Å²) in [7, 11) is 0. The average Bonchev–Trinajstić information content (AvgIpc) is 2.71. The second-order valence-corrected chi connectivity index (χ2v) is 5.27. The first-order valence-corrected chi connectivity index (χ1v) is 7.16. The maximum Gasteiger partial charge on any atom is 0.316 e. The first-order valence-electron chi connectivity index (χ1n) is 7.16. The summed E-state index contributed by atoms with van der Waals surface area (Å²) in [4.78, 5) is 13.1. The number of nitrogens with two attached hydrogens (primary N) is 1. The highest BCUT2D eigenvalue weighted by Crippen LogP contribution is 2.36. The molecule has 20 heavy (non-hydrogen) atoms. The third kappa shape index (κ3) is 3.01. The zero-order valence-electron chi connectivity index (χ0n) is 11.8. The Morgan fingerprint density at radius 3 is 2.90 bits per heavy atom. The van der Waals surface area contributed by atoms with Gasteiger partial charge in [0.2, 0.25) is 0 Å². The van der Waals surface area contributed by atoms with Gasteiger partial charge in [0.1, 0.15) is 11.4 Å². The second-order valence-electron chi connectivity index (χ2n) is 5.27. The fourth-order valence-corrected chi connectivity index (χ4v) is 2.91. The van der Waals surface area contributed by atoms with Crippen LogP contribution in [0.3, 0.4) is 0 Å². The Kier molecular flexibility index (Phi) is 4.79. The zero-order chi connectivity index (χ0) is 14.5. The maximum absolute atomic E-state index is 11.3. The van der Waals surface area contributed by atoms with Crippen LogP contribution < -0.4 is 16.2 Å². The van der Waals surface area contributed by atoms with Gasteiger partial charge in [-0.2, -0.15) is 0 Å². The monoisotopic (exact) mass is 278 g/mol. The van der Waals surface area contributed by atoms with E-state index in [9.17, 15) is 10.1 Å². The molecule has 2 rings (SSSR count). The molecule has 1 aromatic rings. The molecule has 1 aromatic carbocycles. The van der Waals surface area contributed by atoms with Crippen LogP contribution in [0.2, 0.25) is 0 Å². The Morgan fingerprint density at radius 1 is 1.45 bits per heavy atom. The number of nitrogen functional groups attached to an aromatic ring is 1. The lowest BCUT2D eigenvalue weighted by Crippen LogP contribution is -2.25. The molecule has 1 saturated heterocycles. The molecular formula is C14H22N4O2. The summed E-state index contributed by atoms with van der Waals surface area (Å²) in [6, 6.07) is 5.25. The van der Waals surface area contributed by atoms with Crippen LogP contribution >= 0.6 is 0 Å². The lowest BCUT2D eigenvalue weighted by atomic mass is 9.98. The summed E-state index contributed by atoms with van der Waals surface area (Å²) in [5.74, 6) is 6.12. The summed E-state index contributed by atoms with van der Waals surface area (Å²) < 4.78 is 0. The van der Waals surface area contributed by atoms with Crippen molar-refractivity contribution in [3.05, 3.63) is 28.3 Å². The van der Waals surface area contributed by atoms with Gasteiger partial charge in [-0.15, -0.1) is 0 Å². The van der Waals surface area contributed by atoms with Crippen LogP contribution in [0.25, 0.3) is 0 Å². The van der Waals surface area contributed by atoms with Crippen molar-refractivity contribution in [3.8, 4) is 0 Å². The molecule has 1 heterocycles. The van der Waals surface area contributed by atoms with Gasteiger partial charge in [-0.3, -0.25) is 16.0 Å². The number of hydrogen-bond donors (Lipinski definition) is 2. The predicted molar refractivity (Wildman–Crippen MR) is 80.8 cm³/mol. The normalized spacial score (nSPS) is 19.5. The standard InChI is InChI=1S/C14H22N4O2/c1-2-11-5-4-9-17(10-8-11)13-7-3-6-12(16-15)14(13)18(19)20/h3,6-7,11,16H,2,4-5,8-10,15H2,1H3. The molecule has 0 bridgehead atoms. The van der Waals surface area contributed by atoms with E-state index >= 15 is 0 Å². The molecule has 1 aliphatic heterocycles. The van der Waals surface area contributed by atoms with Crippen molar-refractivity contribution in [3.63, 3.8) is 0 Å². The van der Waals surface area contributed by atoms with E-state index in [1.54, 1.807) is 12.1 Å². The Labute approximate surface area is 119 Å². The van der Waals surface area contributed by atoms with Gasteiger partial charge in [0, 0.05) is 13.1 Å². The number of hydrazine groups is 1. The minimum atomic E-state index is -0.354. The molecule has 0 saturated carbocycles. The third-order valence-electron chi connectivity index (χ3n) is 4.12. The lowest BCUT2D eigenvalue weighted by molar-refractivity contribution is -0.383. The van der Waals surface area contributed by atoms with Gasteiger partial charge in [-0.25, -0.2) is 0 Å². The van der Waals surface area contributed by atoms with E-state index in [4.69, 9.17) is 5.84 Å². The minimum absolute atomic E-state index is 0.0740. The number of nitro groups is 1. The van der Waals surface area contributed by atoms with Gasteiger partial charge >= 0.3 is 5.69 Å². The maximum atomic E-state index is 11.3. The van der Waals surface area contributed by atoms with Crippen molar-refractivity contribution in [1.29, 1.82) is 0 Å². The van der Waals surface area contributed by atoms with Gasteiger partial charge in [0.15, 0.2) is 0 Å². The van der Waals surface area contributed by atoms with Crippen molar-refractivity contribution in [2.75, 3.05) is 23.4 Å². The number of benzene rings is 1. The first-order chi connectivity index (χ1) is 9.67. The van der Waals surface area contributed by atoms with Crippen molar-refractivity contribution < 1.29 is 4.92 Å². The third-order valence-corrected chi connectivity index (χ3v) is 4.12. The quantitative estimate of drug-likeness (QED) is 0.502. The molecule has 0 amide bonds. The van der Waals surface area contributed by atoms with Crippen LogP contribution in [0.5, 0.6) is 0 Å². The van der Waals surface area contributed by atoms with E-state index in [1.807, 2.05) is 6.07 Å². The zero-order valence-corrected chi connectivity index (χ0v) is 11.8. The van der Waals surface area contributed by atoms with E-state index in [1.165, 1.54) is 12.8 Å². The van der Waals surface area contributed by atoms with E-state index in [0.717, 1.165) is 31.8 Å². The lowest BCUT2D eigenvalue weighted by Gasteiger charge is -2.23. The fraction of sp³-hybridized carbons (Fsp3) is 0.571. The van der Waals surface area contributed by atoms with E-state index in [0.29, 0.717) is 11.4 Å². The number of anilines is 2. The SMILES string of the molecule is CCC1CCCN(c2cccc(NN)c2[N+](=O)[O-])CC1. The molecule has 0 radical (unpaired) electrons. The van der Waals surface area contributed by atoms with Gasteiger partial charge in [-0.1, -0.05) is 19.4 Å². The largest absolute Gasteiger partial charge is 0.366 e. The second kappa shape index (κ2) is 6.56. The highest BCUT2D eigenvalue weighted by Gasteiger charge is 2.25. The average molecular weight is 278 g/mol. The Hall–Kier alpha value is -1.82. The van der Waals surface area contributed by atoms with Crippen LogP contribution in [-0.4, -0.2) is 18.0 Å². The van der Waals surface area contributed by atoms with Crippen molar-refractivity contribution >= 4 is 17.1 Å². The fourth-order valence-electron chi connectivity index (χ4n) is 2.91. The van der Waals surface area contributed by atoms with Crippen LogP contribution in [0.1, 0.15) is 32.6 Å². The molecule has 0 aliphatic carbocycles. The molecule has 0 aromatic heterocycles. The van der Waals surface area contributed by atoms with Crippen molar-refractivity contribution in [2.24, 2.45) is 11.8 Å². The Bertz CT molecular complexity index is 478. The molecule has 0 spiro atoms. The topological polar surface area (TPSA) is 84.4 Å². The van der Waals surface area contributed by atoms with Crippen molar-refractivity contribution in [2.45, 2.75) is 32.6 Å². The number of para-hydroxylation sites is 1. The highest BCUT2D eigenvalue weighted by molar-refractivity contribution is 5.76. The molecule has 1 atom stereocenters. The summed E-state index contributed by atoms with van der Waals surface area (Å²) in [6.07, 6.45) is 4.56. The summed E-state index contributed by atoms with van der Waals surface area (Å²) in [5.41, 5.74) is 3.53. The number of nitrogens with zero attached hydrogens (tertiary/aromatic N) is 2. The molecule has 3 N–H and O–H groups in total. The summed E-state index contributed by atoms with van der Waals surface area (Å²) in [5, 5.41) is 11.3. The molecule has 6 heteroatoms. The molecule has 1 unspecified atom stereocenters. The first kappa shape index (κ1) is 14.6. The van der Waals surface area contributed by atoms with Crippen LogP contribution in [0.4, 0.5) is 17.1 Å². The Balaban J connectivity index is 2.30. The predicted octanol–water partition coefficient (Wildman–Crippen LogP) is 2.90. The van der Waals surface area contributed by atoms with Gasteiger partial charge in [-0.05, 0) is 37.3 Å². The van der Waals surface area contributed by atoms with E-state index in [-0.39, 0.29) is 10.6 Å². The molecule has 1 aliphatic rings. The van der Waals surface area contributed by atoms with E-state index in [2.05, 4.69) is 17.2 Å².